The van der Waals surface area contributed by atoms with Crippen molar-refractivity contribution in [1.82, 2.24) is 0 Å². The molecule has 2 heterocycles. The number of fused-ring (bicyclic) bond motifs is 3. The van der Waals surface area contributed by atoms with Crippen molar-refractivity contribution >= 4 is 16.9 Å². The van der Waals surface area contributed by atoms with Crippen LogP contribution >= 0.6 is 0 Å². The van der Waals surface area contributed by atoms with Gasteiger partial charge in [-0.3, -0.25) is 0 Å². The minimum atomic E-state index is -1.10. The normalized spacial score (nSPS) is 22.7. The third-order valence-electron chi connectivity index (χ3n) is 5.03. The molecule has 1 spiro atoms. The van der Waals surface area contributed by atoms with Crippen LogP contribution in [-0.4, -0.2) is 21.8 Å². The van der Waals surface area contributed by atoms with Crippen LogP contribution < -0.4 is 4.74 Å². The summed E-state index contributed by atoms with van der Waals surface area (Å²) in [5.41, 5.74) is 1.44. The molecule has 116 valence electrons. The molecule has 0 unspecified atom stereocenters. The molecule has 2 aromatic rings. The molecule has 1 aromatic carbocycles. The lowest BCUT2D eigenvalue weighted by Gasteiger charge is -2.38. The lowest BCUT2D eigenvalue weighted by atomic mass is 9.85. The van der Waals surface area contributed by atoms with E-state index < -0.39 is 12.1 Å². The first kappa shape index (κ1) is 13.6. The number of aromatic carboxylic acids is 1. The highest BCUT2D eigenvalue weighted by molar-refractivity contribution is 5.97. The smallest absolute Gasteiger partial charge is 0.372 e. The molecule has 0 amide bonds. The van der Waals surface area contributed by atoms with Crippen LogP contribution in [0.5, 0.6) is 5.75 Å². The van der Waals surface area contributed by atoms with E-state index in [0.29, 0.717) is 34.3 Å². The van der Waals surface area contributed by atoms with Crippen LogP contribution in [0.3, 0.4) is 0 Å². The number of hydrogen-bond donors (Lipinski definition) is 2. The Kier molecular flexibility index (Phi) is 2.78. The summed E-state index contributed by atoms with van der Waals surface area (Å²) in [6.07, 6.45) is 4.09. The number of aliphatic hydroxyl groups excluding tert-OH is 1. The van der Waals surface area contributed by atoms with Gasteiger partial charge in [-0.25, -0.2) is 4.79 Å². The minimum absolute atomic E-state index is 0.0725. The lowest BCUT2D eigenvalue weighted by molar-refractivity contribution is -0.00845. The van der Waals surface area contributed by atoms with Crippen LogP contribution in [0, 0.1) is 6.92 Å². The van der Waals surface area contributed by atoms with E-state index in [1.165, 1.54) is 0 Å². The Bertz CT molecular complexity index is 767. The second-order valence-electron chi connectivity index (χ2n) is 6.42. The molecule has 0 radical (unpaired) electrons. The van der Waals surface area contributed by atoms with E-state index in [0.717, 1.165) is 25.7 Å². The Morgan fingerprint density at radius 1 is 1.32 bits per heavy atom. The van der Waals surface area contributed by atoms with E-state index in [2.05, 4.69) is 0 Å². The van der Waals surface area contributed by atoms with E-state index in [-0.39, 0.29) is 11.4 Å². The summed E-state index contributed by atoms with van der Waals surface area (Å²) in [5, 5.41) is 20.6. The molecule has 2 N–H and O–H groups in total. The summed E-state index contributed by atoms with van der Waals surface area (Å²) in [5.74, 6) is -0.508. The quantitative estimate of drug-likeness (QED) is 0.841. The maximum Gasteiger partial charge on any atom is 0.372 e. The molecule has 1 aromatic heterocycles. The summed E-state index contributed by atoms with van der Waals surface area (Å²) in [6.45, 7) is 1.71. The number of carbonyl (C=O) groups is 1. The fraction of sp³-hybridized carbons (Fsp3) is 0.471. The van der Waals surface area contributed by atoms with E-state index in [4.69, 9.17) is 9.15 Å². The minimum Gasteiger partial charge on any atom is -0.487 e. The lowest BCUT2D eigenvalue weighted by Crippen LogP contribution is -2.38. The van der Waals surface area contributed by atoms with Gasteiger partial charge in [-0.05, 0) is 44.7 Å². The Labute approximate surface area is 127 Å². The number of aliphatic hydroxyl groups is 1. The van der Waals surface area contributed by atoms with Crippen LogP contribution in [0.1, 0.15) is 59.9 Å². The van der Waals surface area contributed by atoms with Crippen molar-refractivity contribution in [2.45, 2.75) is 50.7 Å². The van der Waals surface area contributed by atoms with E-state index >= 15 is 0 Å². The molecule has 5 nitrogen and oxygen atoms in total. The molecular formula is C17H18O5. The fourth-order valence-corrected chi connectivity index (χ4v) is 4.03. The van der Waals surface area contributed by atoms with Crippen LogP contribution in [0.25, 0.3) is 11.0 Å². The molecule has 2 aliphatic rings. The van der Waals surface area contributed by atoms with Crippen LogP contribution in [0.2, 0.25) is 0 Å². The SMILES string of the molecule is Cc1c(C(=O)O)oc2ccc3c(c12)[C@H](O)CC1(CCCC1)O3. The number of aryl methyl sites for hydroxylation is 1. The average molecular weight is 302 g/mol. The van der Waals surface area contributed by atoms with Crippen molar-refractivity contribution in [2.75, 3.05) is 0 Å². The number of ether oxygens (including phenoxy) is 1. The van der Waals surface area contributed by atoms with Crippen molar-refractivity contribution in [3.8, 4) is 5.75 Å². The van der Waals surface area contributed by atoms with Crippen molar-refractivity contribution < 1.29 is 24.2 Å². The highest BCUT2D eigenvalue weighted by atomic mass is 16.5. The molecule has 5 heteroatoms. The van der Waals surface area contributed by atoms with Crippen LogP contribution in [0.4, 0.5) is 0 Å². The number of carboxylic acids is 1. The highest BCUT2D eigenvalue weighted by Gasteiger charge is 2.43. The number of furan rings is 1. The zero-order valence-electron chi connectivity index (χ0n) is 12.4. The standard InChI is InChI=1S/C17H18O5/c1-9-13-11(21-15(9)16(19)20)4-5-12-14(13)10(18)8-17(22-12)6-2-3-7-17/h4-5,10,18H,2-3,6-8H2,1H3,(H,19,20)/t10-/m1/s1. The zero-order chi connectivity index (χ0) is 15.5. The maximum absolute atomic E-state index is 11.3. The molecule has 1 aliphatic heterocycles. The summed E-state index contributed by atoms with van der Waals surface area (Å²) in [4.78, 5) is 11.3. The molecule has 1 aliphatic carbocycles. The van der Waals surface area contributed by atoms with E-state index in [9.17, 15) is 15.0 Å². The Balaban J connectivity index is 1.91. The Morgan fingerprint density at radius 3 is 2.73 bits per heavy atom. The Morgan fingerprint density at radius 2 is 2.05 bits per heavy atom. The predicted octanol–water partition coefficient (Wildman–Crippen LogP) is 3.57. The van der Waals surface area contributed by atoms with Crippen LogP contribution in [0.15, 0.2) is 16.5 Å². The molecule has 0 saturated heterocycles. The number of carboxylic acid groups (broad SMARTS) is 1. The highest BCUT2D eigenvalue weighted by Crippen LogP contribution is 2.50. The summed E-state index contributed by atoms with van der Waals surface area (Å²) in [7, 11) is 0. The Hall–Kier alpha value is -2.01. The third kappa shape index (κ3) is 1.78. The second-order valence-corrected chi connectivity index (χ2v) is 6.42. The first-order valence-electron chi connectivity index (χ1n) is 7.67. The molecule has 22 heavy (non-hydrogen) atoms. The van der Waals surface area contributed by atoms with Gasteiger partial charge in [0.05, 0.1) is 6.10 Å². The first-order chi connectivity index (χ1) is 10.5. The van der Waals surface area contributed by atoms with Gasteiger partial charge in [-0.2, -0.15) is 0 Å². The van der Waals surface area contributed by atoms with Crippen LogP contribution in [-0.2, 0) is 0 Å². The molecular weight excluding hydrogens is 284 g/mol. The van der Waals surface area contributed by atoms with Gasteiger partial charge in [0.2, 0.25) is 5.76 Å². The van der Waals surface area contributed by atoms with E-state index in [1.54, 1.807) is 19.1 Å². The number of rotatable bonds is 1. The zero-order valence-corrected chi connectivity index (χ0v) is 12.4. The van der Waals surface area contributed by atoms with Gasteiger partial charge < -0.3 is 19.4 Å². The van der Waals surface area contributed by atoms with Gasteiger partial charge in [-0.15, -0.1) is 0 Å². The number of hydrogen-bond acceptors (Lipinski definition) is 4. The monoisotopic (exact) mass is 302 g/mol. The van der Waals surface area contributed by atoms with Gasteiger partial charge >= 0.3 is 5.97 Å². The van der Waals surface area contributed by atoms with Crippen molar-refractivity contribution in [2.24, 2.45) is 0 Å². The largest absolute Gasteiger partial charge is 0.487 e. The van der Waals surface area contributed by atoms with E-state index in [1.807, 2.05) is 0 Å². The van der Waals surface area contributed by atoms with Gasteiger partial charge in [-0.1, -0.05) is 0 Å². The molecule has 4 rings (SSSR count). The van der Waals surface area contributed by atoms with Gasteiger partial charge in [0.1, 0.15) is 16.9 Å². The van der Waals surface area contributed by atoms with Crippen molar-refractivity contribution in [1.29, 1.82) is 0 Å². The van der Waals surface area contributed by atoms with Crippen molar-refractivity contribution in [3.05, 3.63) is 29.0 Å². The maximum atomic E-state index is 11.3. The average Bonchev–Trinajstić information content (AvgIpc) is 3.04. The van der Waals surface area contributed by atoms with Gasteiger partial charge in [0, 0.05) is 22.9 Å². The molecule has 1 fully saturated rings. The predicted molar refractivity (Wildman–Crippen MR) is 79.3 cm³/mol. The summed E-state index contributed by atoms with van der Waals surface area (Å²) < 4.78 is 11.7. The third-order valence-corrected chi connectivity index (χ3v) is 5.03. The molecule has 1 saturated carbocycles. The summed E-state index contributed by atoms with van der Waals surface area (Å²) >= 11 is 0. The fourth-order valence-electron chi connectivity index (χ4n) is 4.03. The topological polar surface area (TPSA) is 79.9 Å². The van der Waals surface area contributed by atoms with Crippen molar-refractivity contribution in [3.63, 3.8) is 0 Å². The van der Waals surface area contributed by atoms with Gasteiger partial charge in [0.15, 0.2) is 0 Å². The second kappa shape index (κ2) is 4.49. The summed E-state index contributed by atoms with van der Waals surface area (Å²) in [6, 6.07) is 3.52. The van der Waals surface area contributed by atoms with Gasteiger partial charge in [0.25, 0.3) is 0 Å². The molecule has 1 atom stereocenters. The molecule has 0 bridgehead atoms. The first-order valence-corrected chi connectivity index (χ1v) is 7.67. The number of benzene rings is 1.